The smallest absolute Gasteiger partial charge is 0.255 e. The van der Waals surface area contributed by atoms with Gasteiger partial charge in [-0.1, -0.05) is 13.3 Å². The topological polar surface area (TPSA) is 68.0 Å². The summed E-state index contributed by atoms with van der Waals surface area (Å²) in [7, 11) is 0. The maximum Gasteiger partial charge on any atom is 0.255 e. The van der Waals surface area contributed by atoms with E-state index in [0.29, 0.717) is 23.7 Å². The van der Waals surface area contributed by atoms with Gasteiger partial charge in [-0.15, -0.1) is 0 Å². The predicted molar refractivity (Wildman–Crippen MR) is 81.4 cm³/mol. The van der Waals surface area contributed by atoms with E-state index in [0.717, 1.165) is 30.3 Å². The SMILES string of the molecule is Cc1ncc2cc(CCO)c(=O)n([C@H]3CCC[C@H]3C)c2n1. The van der Waals surface area contributed by atoms with Gasteiger partial charge in [0.1, 0.15) is 11.5 Å². The van der Waals surface area contributed by atoms with Crippen LogP contribution < -0.4 is 5.56 Å². The van der Waals surface area contributed by atoms with Crippen LogP contribution in [0, 0.1) is 12.8 Å². The highest BCUT2D eigenvalue weighted by atomic mass is 16.3. The molecule has 1 N–H and O–H groups in total. The lowest BCUT2D eigenvalue weighted by atomic mass is 10.0. The van der Waals surface area contributed by atoms with Crippen LogP contribution in [0.15, 0.2) is 17.1 Å². The first-order chi connectivity index (χ1) is 10.1. The minimum absolute atomic E-state index is 0.00611. The lowest BCUT2D eigenvalue weighted by Gasteiger charge is -2.21. The maximum absolute atomic E-state index is 12.8. The molecule has 0 bridgehead atoms. The van der Waals surface area contributed by atoms with E-state index in [1.165, 1.54) is 0 Å². The van der Waals surface area contributed by atoms with Crippen molar-refractivity contribution in [3.8, 4) is 0 Å². The number of nitrogens with zero attached hydrogens (tertiary/aromatic N) is 3. The van der Waals surface area contributed by atoms with Crippen LogP contribution in [0.4, 0.5) is 0 Å². The van der Waals surface area contributed by atoms with Crippen LogP contribution in [0.2, 0.25) is 0 Å². The Morgan fingerprint density at radius 3 is 2.90 bits per heavy atom. The Kier molecular flexibility index (Phi) is 3.76. The molecule has 2 heterocycles. The monoisotopic (exact) mass is 287 g/mol. The van der Waals surface area contributed by atoms with Crippen molar-refractivity contribution in [2.24, 2.45) is 5.92 Å². The van der Waals surface area contributed by atoms with Crippen LogP contribution in [0.3, 0.4) is 0 Å². The van der Waals surface area contributed by atoms with Crippen LogP contribution in [0.1, 0.15) is 43.6 Å². The summed E-state index contributed by atoms with van der Waals surface area (Å²) >= 11 is 0. The van der Waals surface area contributed by atoms with Crippen molar-refractivity contribution in [2.75, 3.05) is 6.61 Å². The molecule has 2 aromatic rings. The maximum atomic E-state index is 12.8. The average Bonchev–Trinajstić information content (AvgIpc) is 2.87. The van der Waals surface area contributed by atoms with Crippen LogP contribution in [0.5, 0.6) is 0 Å². The van der Waals surface area contributed by atoms with E-state index in [9.17, 15) is 9.90 Å². The average molecular weight is 287 g/mol. The van der Waals surface area contributed by atoms with Crippen molar-refractivity contribution in [1.82, 2.24) is 14.5 Å². The minimum Gasteiger partial charge on any atom is -0.396 e. The molecule has 1 aliphatic rings. The van der Waals surface area contributed by atoms with Gasteiger partial charge in [-0.2, -0.15) is 0 Å². The first kappa shape index (κ1) is 14.2. The molecule has 0 spiro atoms. The number of hydrogen-bond acceptors (Lipinski definition) is 4. The number of aliphatic hydroxyl groups is 1. The fourth-order valence-electron chi connectivity index (χ4n) is 3.38. The van der Waals surface area contributed by atoms with Crippen LogP contribution in [0.25, 0.3) is 11.0 Å². The summed E-state index contributed by atoms with van der Waals surface area (Å²) in [5.74, 6) is 1.15. The first-order valence-electron chi connectivity index (χ1n) is 7.60. The van der Waals surface area contributed by atoms with Crippen molar-refractivity contribution in [1.29, 1.82) is 0 Å². The molecule has 5 heteroatoms. The predicted octanol–water partition coefficient (Wildman–Crippen LogP) is 2.00. The Balaban J connectivity index is 2.29. The normalized spacial score (nSPS) is 22.0. The highest BCUT2D eigenvalue weighted by molar-refractivity contribution is 5.75. The number of hydrogen-bond donors (Lipinski definition) is 1. The molecule has 0 aliphatic heterocycles. The largest absolute Gasteiger partial charge is 0.396 e. The number of rotatable bonds is 3. The second kappa shape index (κ2) is 5.56. The van der Waals surface area contributed by atoms with Gasteiger partial charge in [0.2, 0.25) is 0 Å². The highest BCUT2D eigenvalue weighted by Crippen LogP contribution is 2.35. The second-order valence-electron chi connectivity index (χ2n) is 5.99. The van der Waals surface area contributed by atoms with Gasteiger partial charge in [-0.25, -0.2) is 9.97 Å². The molecule has 0 radical (unpaired) electrons. The van der Waals surface area contributed by atoms with Crippen molar-refractivity contribution in [3.05, 3.63) is 34.0 Å². The molecule has 0 saturated heterocycles. The third-order valence-corrected chi connectivity index (χ3v) is 4.50. The van der Waals surface area contributed by atoms with Crippen LogP contribution >= 0.6 is 0 Å². The van der Waals surface area contributed by atoms with E-state index in [4.69, 9.17) is 0 Å². The van der Waals surface area contributed by atoms with Crippen molar-refractivity contribution >= 4 is 11.0 Å². The third kappa shape index (κ3) is 2.46. The number of aromatic nitrogens is 3. The van der Waals surface area contributed by atoms with E-state index >= 15 is 0 Å². The quantitative estimate of drug-likeness (QED) is 0.937. The Bertz CT molecular complexity index is 723. The molecule has 5 nitrogen and oxygen atoms in total. The Morgan fingerprint density at radius 2 is 2.24 bits per heavy atom. The first-order valence-corrected chi connectivity index (χ1v) is 7.60. The molecule has 3 rings (SSSR count). The van der Waals surface area contributed by atoms with Gasteiger partial charge in [0, 0.05) is 36.2 Å². The molecule has 2 aromatic heterocycles. The summed E-state index contributed by atoms with van der Waals surface area (Å²) in [6, 6.07) is 2.02. The Morgan fingerprint density at radius 1 is 1.43 bits per heavy atom. The molecule has 21 heavy (non-hydrogen) atoms. The Hall–Kier alpha value is -1.75. The molecule has 1 saturated carbocycles. The zero-order valence-electron chi connectivity index (χ0n) is 12.5. The van der Waals surface area contributed by atoms with E-state index in [2.05, 4.69) is 16.9 Å². The van der Waals surface area contributed by atoms with Crippen molar-refractivity contribution < 1.29 is 5.11 Å². The Labute approximate surface area is 123 Å². The minimum atomic E-state index is -0.0202. The molecule has 0 aromatic carbocycles. The summed E-state index contributed by atoms with van der Waals surface area (Å²) < 4.78 is 1.85. The van der Waals surface area contributed by atoms with Gasteiger partial charge >= 0.3 is 0 Å². The summed E-state index contributed by atoms with van der Waals surface area (Å²) in [4.78, 5) is 21.6. The number of fused-ring (bicyclic) bond motifs is 1. The second-order valence-corrected chi connectivity index (χ2v) is 5.99. The summed E-state index contributed by atoms with van der Waals surface area (Å²) in [5.41, 5.74) is 1.37. The number of aryl methyl sites for hydroxylation is 1. The van der Waals surface area contributed by atoms with Gasteiger partial charge < -0.3 is 5.11 Å². The van der Waals surface area contributed by atoms with E-state index < -0.39 is 0 Å². The molecule has 112 valence electrons. The van der Waals surface area contributed by atoms with Gasteiger partial charge in [0.25, 0.3) is 5.56 Å². The van der Waals surface area contributed by atoms with Gasteiger partial charge in [0.15, 0.2) is 0 Å². The molecule has 1 fully saturated rings. The summed E-state index contributed by atoms with van der Waals surface area (Å²) in [5, 5.41) is 10.1. The van der Waals surface area contributed by atoms with Crippen LogP contribution in [-0.4, -0.2) is 26.2 Å². The van der Waals surface area contributed by atoms with E-state index in [-0.39, 0.29) is 18.2 Å². The highest BCUT2D eigenvalue weighted by Gasteiger charge is 2.28. The molecular formula is C16H21N3O2. The fourth-order valence-corrected chi connectivity index (χ4v) is 3.38. The molecular weight excluding hydrogens is 266 g/mol. The standard InChI is InChI=1S/C16H21N3O2/c1-10-4-3-5-14(10)19-15-13(9-17-11(2)18-15)8-12(6-7-20)16(19)21/h8-10,14,20H,3-7H2,1-2H3/t10-,14+/m1/s1. The molecule has 2 atom stereocenters. The van der Waals surface area contributed by atoms with E-state index in [1.54, 1.807) is 6.20 Å². The molecule has 0 amide bonds. The van der Waals surface area contributed by atoms with Crippen LogP contribution in [-0.2, 0) is 6.42 Å². The zero-order valence-corrected chi connectivity index (χ0v) is 12.5. The van der Waals surface area contributed by atoms with Crippen molar-refractivity contribution in [3.63, 3.8) is 0 Å². The molecule has 1 aliphatic carbocycles. The van der Waals surface area contributed by atoms with E-state index in [1.807, 2.05) is 17.6 Å². The fraction of sp³-hybridized carbons (Fsp3) is 0.562. The van der Waals surface area contributed by atoms with Gasteiger partial charge in [-0.05, 0) is 31.7 Å². The number of aliphatic hydroxyl groups excluding tert-OH is 1. The van der Waals surface area contributed by atoms with Crippen molar-refractivity contribution in [2.45, 2.75) is 45.6 Å². The lowest BCUT2D eigenvalue weighted by Crippen LogP contribution is -2.30. The number of pyridine rings is 1. The summed E-state index contributed by atoms with van der Waals surface area (Å²) in [6.45, 7) is 4.02. The molecule has 0 unspecified atom stereocenters. The summed E-state index contributed by atoms with van der Waals surface area (Å²) in [6.07, 6.45) is 5.46. The third-order valence-electron chi connectivity index (χ3n) is 4.50. The van der Waals surface area contributed by atoms with Gasteiger partial charge in [-0.3, -0.25) is 9.36 Å². The van der Waals surface area contributed by atoms with Gasteiger partial charge in [0.05, 0.1) is 0 Å². The zero-order chi connectivity index (χ0) is 15.0. The lowest BCUT2D eigenvalue weighted by molar-refractivity contribution is 0.298.